The van der Waals surface area contributed by atoms with E-state index in [4.69, 9.17) is 28.2 Å². The van der Waals surface area contributed by atoms with E-state index in [1.807, 2.05) is 60.7 Å². The Kier molecular flexibility index (Phi) is 6.86. The lowest BCUT2D eigenvalue weighted by Gasteiger charge is -2.24. The van der Waals surface area contributed by atoms with Crippen LogP contribution in [0.4, 0.5) is 0 Å². The molecular weight excluding hydrogens is 367 g/mol. The number of pyridine rings is 1. The summed E-state index contributed by atoms with van der Waals surface area (Å²) in [4.78, 5) is 6.86. The Balaban J connectivity index is 2.00. The molecule has 0 spiro atoms. The largest absolute Gasteiger partial charge is 0.387 e. The van der Waals surface area contributed by atoms with E-state index in [1.165, 1.54) is 0 Å². The van der Waals surface area contributed by atoms with Gasteiger partial charge in [-0.25, -0.2) is 4.98 Å². The zero-order chi connectivity index (χ0) is 18.4. The topological polar surface area (TPSA) is 36.4 Å². The molecule has 5 heteroatoms. The van der Waals surface area contributed by atoms with E-state index in [0.717, 1.165) is 27.7 Å². The minimum atomic E-state index is -0.642. The Labute approximate surface area is 164 Å². The smallest absolute Gasteiger partial charge is 0.0924 e. The predicted octanol–water partition coefficient (Wildman–Crippen LogP) is 4.71. The summed E-state index contributed by atoms with van der Waals surface area (Å²) in [6, 6.07) is 19.9. The minimum absolute atomic E-state index is 0.488. The third-order valence-electron chi connectivity index (χ3n) is 4.41. The number of hydrogen-bond acceptors (Lipinski definition) is 3. The zero-order valence-electron chi connectivity index (χ0n) is 14.5. The van der Waals surface area contributed by atoms with Crippen LogP contribution in [0.25, 0.3) is 22.2 Å². The van der Waals surface area contributed by atoms with Crippen LogP contribution < -0.4 is 0 Å². The lowest BCUT2D eigenvalue weighted by Crippen LogP contribution is -2.32. The fourth-order valence-corrected chi connectivity index (χ4v) is 3.59. The first kappa shape index (κ1) is 19.1. The van der Waals surface area contributed by atoms with Crippen LogP contribution in [-0.4, -0.2) is 46.4 Å². The molecule has 0 fully saturated rings. The number of aliphatic hydroxyl groups is 1. The molecule has 0 radical (unpaired) electrons. The van der Waals surface area contributed by atoms with Crippen LogP contribution in [0.5, 0.6) is 0 Å². The van der Waals surface area contributed by atoms with Gasteiger partial charge in [0, 0.05) is 42.3 Å². The Morgan fingerprint density at radius 3 is 2.27 bits per heavy atom. The van der Waals surface area contributed by atoms with Crippen LogP contribution in [-0.2, 0) is 0 Å². The van der Waals surface area contributed by atoms with Crippen molar-refractivity contribution in [1.82, 2.24) is 9.88 Å². The second-order valence-electron chi connectivity index (χ2n) is 6.17. The Hall–Kier alpha value is -1.65. The Morgan fingerprint density at radius 1 is 0.923 bits per heavy atom. The van der Waals surface area contributed by atoms with Crippen molar-refractivity contribution in [1.29, 1.82) is 0 Å². The van der Waals surface area contributed by atoms with Gasteiger partial charge >= 0.3 is 0 Å². The summed E-state index contributed by atoms with van der Waals surface area (Å²) < 4.78 is 0. The van der Waals surface area contributed by atoms with Crippen molar-refractivity contribution in [2.24, 2.45) is 0 Å². The third-order valence-corrected chi connectivity index (χ3v) is 4.75. The molecular formula is C21H22Cl2N2O. The van der Waals surface area contributed by atoms with Gasteiger partial charge in [0.1, 0.15) is 0 Å². The van der Waals surface area contributed by atoms with Crippen LogP contribution in [0.3, 0.4) is 0 Å². The quantitative estimate of drug-likeness (QED) is 0.567. The van der Waals surface area contributed by atoms with Gasteiger partial charge in [0.05, 0.1) is 17.3 Å². The molecule has 0 aliphatic heterocycles. The number of benzene rings is 2. The molecule has 1 N–H and O–H groups in total. The molecule has 136 valence electrons. The number of aliphatic hydroxyl groups excluding tert-OH is 1. The van der Waals surface area contributed by atoms with E-state index in [0.29, 0.717) is 31.4 Å². The molecule has 0 bridgehead atoms. The lowest BCUT2D eigenvalue weighted by atomic mass is 10.00. The molecule has 0 aliphatic carbocycles. The summed E-state index contributed by atoms with van der Waals surface area (Å²) in [7, 11) is 0. The average Bonchev–Trinajstić information content (AvgIpc) is 2.68. The van der Waals surface area contributed by atoms with Crippen LogP contribution in [0, 0.1) is 0 Å². The van der Waals surface area contributed by atoms with Crippen molar-refractivity contribution < 1.29 is 5.11 Å². The fraction of sp³-hybridized carbons (Fsp3) is 0.286. The molecule has 1 unspecified atom stereocenters. The van der Waals surface area contributed by atoms with Crippen LogP contribution in [0.15, 0.2) is 60.7 Å². The standard InChI is InChI=1S/C21H22Cl2N2O/c22-10-12-25(13-11-23)15-21(26)18-14-20(16-6-2-1-3-7-16)24-19-9-5-4-8-17(18)19/h1-9,14,21,26H,10-13,15H2. The van der Waals surface area contributed by atoms with Gasteiger partial charge in [-0.3, -0.25) is 4.90 Å². The Morgan fingerprint density at radius 2 is 1.58 bits per heavy atom. The third kappa shape index (κ3) is 4.54. The molecule has 0 saturated heterocycles. The molecule has 2 aromatic carbocycles. The Bertz CT molecular complexity index is 836. The van der Waals surface area contributed by atoms with Crippen LogP contribution in [0.2, 0.25) is 0 Å². The number of para-hydroxylation sites is 1. The van der Waals surface area contributed by atoms with Gasteiger partial charge in [-0.15, -0.1) is 23.2 Å². The molecule has 26 heavy (non-hydrogen) atoms. The number of halogens is 2. The van der Waals surface area contributed by atoms with Gasteiger partial charge in [-0.2, -0.15) is 0 Å². The summed E-state index contributed by atoms with van der Waals surface area (Å²) in [5.41, 5.74) is 3.65. The second-order valence-corrected chi connectivity index (χ2v) is 6.93. The summed E-state index contributed by atoms with van der Waals surface area (Å²) in [6.07, 6.45) is -0.642. The van der Waals surface area contributed by atoms with Crippen molar-refractivity contribution in [2.45, 2.75) is 6.10 Å². The van der Waals surface area contributed by atoms with E-state index in [-0.39, 0.29) is 0 Å². The molecule has 3 nitrogen and oxygen atoms in total. The normalized spacial score (nSPS) is 12.6. The van der Waals surface area contributed by atoms with E-state index < -0.39 is 6.10 Å². The second kappa shape index (κ2) is 9.33. The first-order valence-electron chi connectivity index (χ1n) is 8.70. The number of aromatic nitrogens is 1. The molecule has 1 aromatic heterocycles. The van der Waals surface area contributed by atoms with Crippen molar-refractivity contribution in [3.8, 4) is 11.3 Å². The number of fused-ring (bicyclic) bond motifs is 1. The molecule has 3 aromatic rings. The maximum Gasteiger partial charge on any atom is 0.0924 e. The highest BCUT2D eigenvalue weighted by atomic mass is 35.5. The maximum atomic E-state index is 11.0. The number of rotatable bonds is 8. The van der Waals surface area contributed by atoms with Crippen LogP contribution >= 0.6 is 23.2 Å². The highest BCUT2D eigenvalue weighted by Crippen LogP contribution is 2.29. The fourth-order valence-electron chi connectivity index (χ4n) is 3.11. The summed E-state index contributed by atoms with van der Waals surface area (Å²) in [5, 5.41) is 11.9. The first-order valence-corrected chi connectivity index (χ1v) is 9.77. The van der Waals surface area contributed by atoms with E-state index >= 15 is 0 Å². The van der Waals surface area contributed by atoms with Gasteiger partial charge in [-0.1, -0.05) is 48.5 Å². The van der Waals surface area contributed by atoms with Crippen molar-refractivity contribution in [3.05, 3.63) is 66.2 Å². The predicted molar refractivity (Wildman–Crippen MR) is 110 cm³/mol. The molecule has 0 amide bonds. The van der Waals surface area contributed by atoms with Crippen molar-refractivity contribution in [2.75, 3.05) is 31.4 Å². The molecule has 0 saturated carbocycles. The number of nitrogens with zero attached hydrogens (tertiary/aromatic N) is 2. The van der Waals surface area contributed by atoms with E-state index in [1.54, 1.807) is 0 Å². The highest BCUT2D eigenvalue weighted by molar-refractivity contribution is 6.18. The molecule has 1 heterocycles. The summed E-state index contributed by atoms with van der Waals surface area (Å²) in [5.74, 6) is 1.02. The average molecular weight is 389 g/mol. The van der Waals surface area contributed by atoms with Crippen LogP contribution in [0.1, 0.15) is 11.7 Å². The molecule has 1 atom stereocenters. The lowest BCUT2D eigenvalue weighted by molar-refractivity contribution is 0.121. The highest BCUT2D eigenvalue weighted by Gasteiger charge is 2.17. The SMILES string of the molecule is OC(CN(CCCl)CCCl)c1cc(-c2ccccc2)nc2ccccc12. The van der Waals surface area contributed by atoms with Gasteiger partial charge in [0.15, 0.2) is 0 Å². The summed E-state index contributed by atoms with van der Waals surface area (Å²) in [6.45, 7) is 1.88. The monoisotopic (exact) mass is 388 g/mol. The van der Waals surface area contributed by atoms with Gasteiger partial charge in [0.25, 0.3) is 0 Å². The van der Waals surface area contributed by atoms with Crippen molar-refractivity contribution >= 4 is 34.1 Å². The van der Waals surface area contributed by atoms with E-state index in [9.17, 15) is 5.11 Å². The van der Waals surface area contributed by atoms with E-state index in [2.05, 4.69) is 4.90 Å². The van der Waals surface area contributed by atoms with Gasteiger partial charge in [0.2, 0.25) is 0 Å². The number of alkyl halides is 2. The summed E-state index contributed by atoms with van der Waals surface area (Å²) >= 11 is 11.8. The minimum Gasteiger partial charge on any atom is -0.387 e. The maximum absolute atomic E-state index is 11.0. The zero-order valence-corrected chi connectivity index (χ0v) is 16.0. The van der Waals surface area contributed by atoms with Gasteiger partial charge in [-0.05, 0) is 17.7 Å². The first-order chi connectivity index (χ1) is 12.7. The number of hydrogen-bond donors (Lipinski definition) is 1. The van der Waals surface area contributed by atoms with Gasteiger partial charge < -0.3 is 5.11 Å². The molecule has 3 rings (SSSR count). The van der Waals surface area contributed by atoms with Crippen molar-refractivity contribution in [3.63, 3.8) is 0 Å². The molecule has 0 aliphatic rings.